The third-order valence-electron chi connectivity index (χ3n) is 10.2. The fourth-order valence-corrected chi connectivity index (χ4v) is 8.33. The lowest BCUT2D eigenvalue weighted by atomic mass is 9.68. The van der Waals surface area contributed by atoms with E-state index >= 15 is 0 Å². The molecular formula is C34H47F3N2O4Si. The number of carbonyl (C=O) groups excluding carboxylic acids is 1. The number of fused-ring (bicyclic) bond motifs is 4. The molecule has 0 N–H and O–H groups in total. The number of hydrogen-bond donors (Lipinski definition) is 0. The SMILES string of the molecule is CC(=O)O[C@H]1c2nc(C(C)C)c3c(c2C(O[Si](C)(C)C(C)(C)C)CC1(C)C)C1(CCCC1)OC3c1ccc(C(F)(F)F)nc1. The van der Waals surface area contributed by atoms with Crippen molar-refractivity contribution in [3.8, 4) is 0 Å². The number of nitrogens with zero attached hydrogens (tertiary/aromatic N) is 2. The molecule has 1 spiro atoms. The molecule has 2 aromatic heterocycles. The Morgan fingerprint density at radius 3 is 2.23 bits per heavy atom. The lowest BCUT2D eigenvalue weighted by Crippen LogP contribution is -2.45. The molecule has 6 nitrogen and oxygen atoms in total. The van der Waals surface area contributed by atoms with Crippen molar-refractivity contribution in [3.63, 3.8) is 0 Å². The van der Waals surface area contributed by atoms with Crippen LogP contribution >= 0.6 is 0 Å². The second kappa shape index (κ2) is 10.9. The van der Waals surface area contributed by atoms with Crippen molar-refractivity contribution < 1.29 is 31.9 Å². The van der Waals surface area contributed by atoms with Crippen LogP contribution in [0.25, 0.3) is 0 Å². The van der Waals surface area contributed by atoms with Crippen molar-refractivity contribution in [2.75, 3.05) is 0 Å². The number of ether oxygens (including phenoxy) is 2. The Hall–Kier alpha value is -2.30. The Morgan fingerprint density at radius 2 is 1.73 bits per heavy atom. The normalized spacial score (nSPS) is 24.5. The summed E-state index contributed by atoms with van der Waals surface area (Å²) in [6, 6.07) is 2.51. The highest BCUT2D eigenvalue weighted by Gasteiger charge is 2.56. The molecule has 0 saturated heterocycles. The molecule has 2 unspecified atom stereocenters. The molecule has 3 aliphatic rings. The standard InChI is InChI=1S/C34H47F3N2O4Si/c1-19(2)27-25-26(33(15-11-12-16-33)42-29(25)21-13-14-23(38-18-21)34(35,36)37)24-22(43-44(9,10)31(4,5)6)17-32(7,8)30(28(24)39-27)41-20(3)40/h13-14,18-19,22,29-30H,11-12,15-17H2,1-10H3/t22?,29?,30-/m0/s1. The summed E-state index contributed by atoms with van der Waals surface area (Å²) in [6.45, 7) is 20.9. The second-order valence-corrected chi connectivity index (χ2v) is 20.2. The lowest BCUT2D eigenvalue weighted by molar-refractivity contribution is -0.156. The van der Waals surface area contributed by atoms with Gasteiger partial charge in [0, 0.05) is 40.9 Å². The van der Waals surface area contributed by atoms with Crippen molar-refractivity contribution in [1.82, 2.24) is 9.97 Å². The van der Waals surface area contributed by atoms with Crippen LogP contribution in [0, 0.1) is 5.41 Å². The van der Waals surface area contributed by atoms with Crippen LogP contribution in [0.1, 0.15) is 151 Å². The number of carbonyl (C=O) groups is 1. The van der Waals surface area contributed by atoms with E-state index in [1.165, 1.54) is 19.2 Å². The second-order valence-electron chi connectivity index (χ2n) is 15.5. The summed E-state index contributed by atoms with van der Waals surface area (Å²) < 4.78 is 60.7. The van der Waals surface area contributed by atoms with E-state index in [2.05, 4.69) is 66.5 Å². The molecule has 0 amide bonds. The Morgan fingerprint density at radius 1 is 1.09 bits per heavy atom. The van der Waals surface area contributed by atoms with Gasteiger partial charge in [-0.3, -0.25) is 14.8 Å². The average Bonchev–Trinajstić information content (AvgIpc) is 3.49. The van der Waals surface area contributed by atoms with Crippen LogP contribution in [-0.4, -0.2) is 24.3 Å². The fourth-order valence-electron chi connectivity index (χ4n) is 7.07. The summed E-state index contributed by atoms with van der Waals surface area (Å²) in [5, 5.41) is -0.0471. The molecule has 1 fully saturated rings. The maximum absolute atomic E-state index is 13.4. The smallest absolute Gasteiger partial charge is 0.433 e. The molecule has 1 saturated carbocycles. The van der Waals surface area contributed by atoms with Crippen LogP contribution in [0.4, 0.5) is 13.2 Å². The maximum atomic E-state index is 13.4. The van der Waals surface area contributed by atoms with E-state index in [0.717, 1.165) is 59.8 Å². The van der Waals surface area contributed by atoms with E-state index in [-0.39, 0.29) is 23.0 Å². The predicted molar refractivity (Wildman–Crippen MR) is 165 cm³/mol. The molecule has 3 heterocycles. The summed E-state index contributed by atoms with van der Waals surface area (Å²) in [5.74, 6) is -0.395. The van der Waals surface area contributed by atoms with Crippen molar-refractivity contribution in [1.29, 1.82) is 0 Å². The Balaban J connectivity index is 1.82. The fraction of sp³-hybridized carbons (Fsp3) is 0.676. The van der Waals surface area contributed by atoms with Gasteiger partial charge in [0.25, 0.3) is 0 Å². The molecule has 5 rings (SSSR count). The lowest BCUT2D eigenvalue weighted by Gasteiger charge is -2.48. The molecule has 0 radical (unpaired) electrons. The summed E-state index contributed by atoms with van der Waals surface area (Å²) in [4.78, 5) is 21.6. The first-order valence-corrected chi connectivity index (χ1v) is 18.7. The van der Waals surface area contributed by atoms with Gasteiger partial charge in [0.05, 0.1) is 17.4 Å². The van der Waals surface area contributed by atoms with E-state index in [4.69, 9.17) is 18.9 Å². The van der Waals surface area contributed by atoms with Crippen LogP contribution in [0.15, 0.2) is 18.3 Å². The highest BCUT2D eigenvalue weighted by atomic mass is 28.4. The van der Waals surface area contributed by atoms with E-state index in [9.17, 15) is 18.0 Å². The molecule has 3 atom stereocenters. The zero-order chi connectivity index (χ0) is 32.6. The van der Waals surface area contributed by atoms with Crippen LogP contribution in [0.2, 0.25) is 18.1 Å². The van der Waals surface area contributed by atoms with Crippen LogP contribution in [0.3, 0.4) is 0 Å². The van der Waals surface area contributed by atoms with Gasteiger partial charge in [-0.25, -0.2) is 0 Å². The van der Waals surface area contributed by atoms with Gasteiger partial charge in [-0.05, 0) is 54.9 Å². The minimum absolute atomic E-state index is 0.0260. The monoisotopic (exact) mass is 632 g/mol. The molecule has 2 aliphatic carbocycles. The first-order chi connectivity index (χ1) is 20.2. The van der Waals surface area contributed by atoms with Gasteiger partial charge in [-0.2, -0.15) is 13.2 Å². The largest absolute Gasteiger partial charge is 0.455 e. The van der Waals surface area contributed by atoms with Crippen LogP contribution in [-0.2, 0) is 30.5 Å². The molecule has 1 aliphatic heterocycles. The molecule has 0 aromatic carbocycles. The molecule has 10 heteroatoms. The number of rotatable bonds is 5. The molecule has 0 bridgehead atoms. The van der Waals surface area contributed by atoms with Gasteiger partial charge in [0.1, 0.15) is 17.9 Å². The van der Waals surface area contributed by atoms with Gasteiger partial charge in [-0.1, -0.05) is 67.4 Å². The minimum Gasteiger partial charge on any atom is -0.455 e. The molecule has 44 heavy (non-hydrogen) atoms. The summed E-state index contributed by atoms with van der Waals surface area (Å²) >= 11 is 0. The van der Waals surface area contributed by atoms with Gasteiger partial charge < -0.3 is 13.9 Å². The Labute approximate surface area is 260 Å². The third kappa shape index (κ3) is 5.64. The Kier molecular flexibility index (Phi) is 8.19. The van der Waals surface area contributed by atoms with Crippen LogP contribution < -0.4 is 0 Å². The first-order valence-electron chi connectivity index (χ1n) is 15.8. The molecular weight excluding hydrogens is 585 g/mol. The van der Waals surface area contributed by atoms with E-state index < -0.39 is 43.4 Å². The number of alkyl halides is 3. The zero-order valence-electron chi connectivity index (χ0n) is 27.7. The van der Waals surface area contributed by atoms with Crippen molar-refractivity contribution >= 4 is 14.3 Å². The van der Waals surface area contributed by atoms with Crippen molar-refractivity contribution in [2.24, 2.45) is 5.41 Å². The molecule has 242 valence electrons. The number of halogens is 3. The van der Waals surface area contributed by atoms with Gasteiger partial charge in [-0.15, -0.1) is 0 Å². The van der Waals surface area contributed by atoms with Gasteiger partial charge in [0.15, 0.2) is 8.32 Å². The quantitative estimate of drug-likeness (QED) is 0.242. The van der Waals surface area contributed by atoms with Crippen molar-refractivity contribution in [3.05, 3.63) is 57.7 Å². The summed E-state index contributed by atoms with van der Waals surface area (Å²) in [6.07, 6.45) is -0.607. The summed E-state index contributed by atoms with van der Waals surface area (Å²) in [5.41, 5.74) is 2.98. The topological polar surface area (TPSA) is 70.5 Å². The highest BCUT2D eigenvalue weighted by molar-refractivity contribution is 6.74. The number of hydrogen-bond acceptors (Lipinski definition) is 6. The summed E-state index contributed by atoms with van der Waals surface area (Å²) in [7, 11) is -2.29. The predicted octanol–water partition coefficient (Wildman–Crippen LogP) is 9.60. The van der Waals surface area contributed by atoms with Gasteiger partial charge >= 0.3 is 12.1 Å². The van der Waals surface area contributed by atoms with Crippen LogP contribution in [0.5, 0.6) is 0 Å². The maximum Gasteiger partial charge on any atom is 0.433 e. The minimum atomic E-state index is -4.53. The van der Waals surface area contributed by atoms with E-state index in [0.29, 0.717) is 12.0 Å². The van der Waals surface area contributed by atoms with Gasteiger partial charge in [0.2, 0.25) is 0 Å². The molecule has 2 aromatic rings. The Bertz CT molecular complexity index is 1420. The third-order valence-corrected chi connectivity index (χ3v) is 14.7. The van der Waals surface area contributed by atoms with E-state index in [1.807, 2.05) is 0 Å². The van der Waals surface area contributed by atoms with E-state index in [1.54, 1.807) is 0 Å². The van der Waals surface area contributed by atoms with Crippen molar-refractivity contribution in [2.45, 2.75) is 142 Å². The number of esters is 1. The number of aromatic nitrogens is 2. The zero-order valence-corrected chi connectivity index (χ0v) is 28.7. The number of pyridine rings is 2. The highest BCUT2D eigenvalue weighted by Crippen LogP contribution is 2.62. The first kappa shape index (κ1) is 33.1. The average molecular weight is 633 g/mol.